The molecule has 1 aliphatic rings. The minimum atomic E-state index is -0.886. The summed E-state index contributed by atoms with van der Waals surface area (Å²) >= 11 is 0. The zero-order valence-electron chi connectivity index (χ0n) is 13.7. The second-order valence-electron chi connectivity index (χ2n) is 5.75. The Labute approximate surface area is 136 Å². The number of ether oxygens (including phenoxy) is 1. The summed E-state index contributed by atoms with van der Waals surface area (Å²) in [5.41, 5.74) is 0. The van der Waals surface area contributed by atoms with Crippen LogP contribution in [0, 0.1) is 0 Å². The topological polar surface area (TPSA) is 32.8 Å². The van der Waals surface area contributed by atoms with Gasteiger partial charge < -0.3 is 4.74 Å². The number of benzene rings is 1. The van der Waals surface area contributed by atoms with Crippen molar-refractivity contribution in [3.05, 3.63) is 30.3 Å². The number of hydrogen-bond donors (Lipinski definition) is 0. The third-order valence-corrected chi connectivity index (χ3v) is 5.53. The van der Waals surface area contributed by atoms with Crippen molar-refractivity contribution in [3.8, 4) is 0 Å². The lowest BCUT2D eigenvalue weighted by Crippen LogP contribution is -2.53. The summed E-state index contributed by atoms with van der Waals surface area (Å²) in [6, 6.07) is 10.3. The van der Waals surface area contributed by atoms with E-state index < -0.39 is 10.8 Å². The standard InChI is InChI=1S/C17H28N2O2S/c1-3-21-13-11-19-10-9-18(15-16(19)2)12-14-22(20)17-7-5-4-6-8-17/h4-8,16H,3,9-15H2,1-2H3/t16-,22+/m1/s1. The molecular weight excluding hydrogens is 296 g/mol. The molecule has 1 aliphatic heterocycles. The molecule has 0 unspecified atom stereocenters. The number of piperazine rings is 1. The molecule has 0 aromatic heterocycles. The fraction of sp³-hybridized carbons (Fsp3) is 0.647. The van der Waals surface area contributed by atoms with Crippen LogP contribution >= 0.6 is 0 Å². The van der Waals surface area contributed by atoms with Gasteiger partial charge in [0, 0.05) is 56.0 Å². The van der Waals surface area contributed by atoms with Gasteiger partial charge in [0.15, 0.2) is 0 Å². The molecular formula is C17H28N2O2S. The third kappa shape index (κ3) is 5.47. The summed E-state index contributed by atoms with van der Waals surface area (Å²) in [6.07, 6.45) is 0. The van der Waals surface area contributed by atoms with Crippen LogP contribution in [0.15, 0.2) is 35.2 Å². The zero-order chi connectivity index (χ0) is 15.8. The lowest BCUT2D eigenvalue weighted by atomic mass is 10.2. The first kappa shape index (κ1) is 17.6. The fourth-order valence-electron chi connectivity index (χ4n) is 2.83. The van der Waals surface area contributed by atoms with Gasteiger partial charge in [-0.2, -0.15) is 0 Å². The van der Waals surface area contributed by atoms with E-state index in [1.54, 1.807) is 0 Å². The maximum absolute atomic E-state index is 12.3. The first-order valence-corrected chi connectivity index (χ1v) is 9.50. The second kappa shape index (κ2) is 9.40. The Morgan fingerprint density at radius 2 is 2.00 bits per heavy atom. The molecule has 4 nitrogen and oxygen atoms in total. The summed E-state index contributed by atoms with van der Waals surface area (Å²) in [6.45, 7) is 11.0. The van der Waals surface area contributed by atoms with Crippen LogP contribution in [-0.2, 0) is 15.5 Å². The van der Waals surface area contributed by atoms with Crippen LogP contribution in [0.25, 0.3) is 0 Å². The SMILES string of the molecule is CCOCCN1CCN(CC[S@](=O)c2ccccc2)C[C@H]1C. The monoisotopic (exact) mass is 324 g/mol. The highest BCUT2D eigenvalue weighted by Crippen LogP contribution is 2.11. The van der Waals surface area contributed by atoms with Gasteiger partial charge >= 0.3 is 0 Å². The molecule has 22 heavy (non-hydrogen) atoms. The molecule has 1 saturated heterocycles. The van der Waals surface area contributed by atoms with Crippen LogP contribution in [0.1, 0.15) is 13.8 Å². The molecule has 0 aliphatic carbocycles. The minimum Gasteiger partial charge on any atom is -0.380 e. The molecule has 0 saturated carbocycles. The fourth-order valence-corrected chi connectivity index (χ4v) is 3.95. The number of hydrogen-bond acceptors (Lipinski definition) is 4. The van der Waals surface area contributed by atoms with E-state index in [-0.39, 0.29) is 0 Å². The Kier molecular flexibility index (Phi) is 7.52. The number of nitrogens with zero attached hydrogens (tertiary/aromatic N) is 2. The van der Waals surface area contributed by atoms with Gasteiger partial charge in [-0.1, -0.05) is 18.2 Å². The third-order valence-electron chi connectivity index (χ3n) is 4.18. The summed E-state index contributed by atoms with van der Waals surface area (Å²) in [5.74, 6) is 0.718. The van der Waals surface area contributed by atoms with E-state index in [9.17, 15) is 4.21 Å². The van der Waals surface area contributed by atoms with Gasteiger partial charge in [-0.15, -0.1) is 0 Å². The molecule has 1 heterocycles. The van der Waals surface area contributed by atoms with Crippen LogP contribution in [0.5, 0.6) is 0 Å². The van der Waals surface area contributed by atoms with E-state index in [0.717, 1.165) is 56.6 Å². The highest BCUT2D eigenvalue weighted by Gasteiger charge is 2.23. The average molecular weight is 324 g/mol. The predicted octanol–water partition coefficient (Wildman–Crippen LogP) is 1.84. The number of rotatable bonds is 8. The summed E-state index contributed by atoms with van der Waals surface area (Å²) < 4.78 is 17.7. The smallest absolute Gasteiger partial charge is 0.0593 e. The molecule has 0 amide bonds. The average Bonchev–Trinajstić information content (AvgIpc) is 2.55. The van der Waals surface area contributed by atoms with Gasteiger partial charge in [0.25, 0.3) is 0 Å². The van der Waals surface area contributed by atoms with Crippen molar-refractivity contribution >= 4 is 10.8 Å². The quantitative estimate of drug-likeness (QED) is 0.683. The van der Waals surface area contributed by atoms with Crippen LogP contribution < -0.4 is 0 Å². The summed E-state index contributed by atoms with van der Waals surface area (Å²) in [4.78, 5) is 5.86. The van der Waals surface area contributed by atoms with Gasteiger partial charge in [0.1, 0.15) is 0 Å². The van der Waals surface area contributed by atoms with Crippen molar-refractivity contribution in [2.24, 2.45) is 0 Å². The Hall–Kier alpha value is -0.750. The van der Waals surface area contributed by atoms with Gasteiger partial charge in [-0.05, 0) is 26.0 Å². The van der Waals surface area contributed by atoms with Crippen LogP contribution in [0.2, 0.25) is 0 Å². The highest BCUT2D eigenvalue weighted by atomic mass is 32.2. The van der Waals surface area contributed by atoms with E-state index >= 15 is 0 Å². The van der Waals surface area contributed by atoms with Crippen molar-refractivity contribution in [1.82, 2.24) is 9.80 Å². The molecule has 2 atom stereocenters. The lowest BCUT2D eigenvalue weighted by Gasteiger charge is -2.39. The summed E-state index contributed by atoms with van der Waals surface area (Å²) in [5, 5.41) is 0. The maximum atomic E-state index is 12.3. The van der Waals surface area contributed by atoms with Crippen molar-refractivity contribution in [3.63, 3.8) is 0 Å². The molecule has 124 valence electrons. The first-order chi connectivity index (χ1) is 10.7. The molecule has 5 heteroatoms. The van der Waals surface area contributed by atoms with Crippen LogP contribution in [0.4, 0.5) is 0 Å². The summed E-state index contributed by atoms with van der Waals surface area (Å²) in [7, 11) is -0.886. The van der Waals surface area contributed by atoms with E-state index in [4.69, 9.17) is 4.74 Å². The minimum absolute atomic E-state index is 0.541. The molecule has 1 aromatic carbocycles. The molecule has 0 spiro atoms. The predicted molar refractivity (Wildman–Crippen MR) is 91.7 cm³/mol. The van der Waals surface area contributed by atoms with Crippen molar-refractivity contribution < 1.29 is 8.95 Å². The Morgan fingerprint density at radius 3 is 2.68 bits per heavy atom. The molecule has 0 N–H and O–H groups in total. The van der Waals surface area contributed by atoms with Crippen LogP contribution in [0.3, 0.4) is 0 Å². The highest BCUT2D eigenvalue weighted by molar-refractivity contribution is 7.85. The largest absolute Gasteiger partial charge is 0.380 e. The molecule has 0 bridgehead atoms. The van der Waals surface area contributed by atoms with Gasteiger partial charge in [-0.25, -0.2) is 0 Å². The lowest BCUT2D eigenvalue weighted by molar-refractivity contribution is 0.0516. The van der Waals surface area contributed by atoms with Crippen molar-refractivity contribution in [2.45, 2.75) is 24.8 Å². The van der Waals surface area contributed by atoms with E-state index in [1.165, 1.54) is 0 Å². The Bertz CT molecular complexity index is 455. The first-order valence-electron chi connectivity index (χ1n) is 8.18. The molecule has 1 fully saturated rings. The van der Waals surface area contributed by atoms with E-state index in [0.29, 0.717) is 6.04 Å². The van der Waals surface area contributed by atoms with Gasteiger partial charge in [0.05, 0.1) is 17.4 Å². The maximum Gasteiger partial charge on any atom is 0.0593 e. The van der Waals surface area contributed by atoms with Gasteiger partial charge in [0.2, 0.25) is 0 Å². The van der Waals surface area contributed by atoms with Crippen LogP contribution in [-0.4, -0.2) is 71.7 Å². The Balaban J connectivity index is 1.71. The second-order valence-corrected chi connectivity index (χ2v) is 7.32. The van der Waals surface area contributed by atoms with E-state index in [2.05, 4.69) is 16.7 Å². The normalized spacial score (nSPS) is 21.8. The van der Waals surface area contributed by atoms with Gasteiger partial charge in [-0.3, -0.25) is 14.0 Å². The molecule has 0 radical (unpaired) electrons. The molecule has 1 aromatic rings. The van der Waals surface area contributed by atoms with Crippen molar-refractivity contribution in [1.29, 1.82) is 0 Å². The Morgan fingerprint density at radius 1 is 1.23 bits per heavy atom. The van der Waals surface area contributed by atoms with Crippen molar-refractivity contribution in [2.75, 3.05) is 51.7 Å². The van der Waals surface area contributed by atoms with E-state index in [1.807, 2.05) is 37.3 Å². The zero-order valence-corrected chi connectivity index (χ0v) is 14.6. The molecule has 2 rings (SSSR count).